The van der Waals surface area contributed by atoms with Crippen LogP contribution in [-0.4, -0.2) is 42.7 Å². The summed E-state index contributed by atoms with van der Waals surface area (Å²) in [5.74, 6) is 0. The fourth-order valence-electron chi connectivity index (χ4n) is 2.42. The Hall–Kier alpha value is -0.950. The molecule has 1 saturated heterocycles. The number of hydrogen-bond acceptors (Lipinski definition) is 4. The lowest BCUT2D eigenvalue weighted by Crippen LogP contribution is -2.45. The highest BCUT2D eigenvalue weighted by Crippen LogP contribution is 2.27. The molecule has 0 spiro atoms. The number of rotatable bonds is 4. The van der Waals surface area contributed by atoms with Gasteiger partial charge in [-0.2, -0.15) is 0 Å². The number of hydrogen-bond donors (Lipinski definition) is 1. The molecule has 0 bridgehead atoms. The second-order valence-corrected chi connectivity index (χ2v) is 4.76. The lowest BCUT2D eigenvalue weighted by Gasteiger charge is -2.33. The van der Waals surface area contributed by atoms with Gasteiger partial charge < -0.3 is 5.32 Å². The minimum Gasteiger partial charge on any atom is -0.314 e. The number of benzene rings is 1. The van der Waals surface area contributed by atoms with Crippen LogP contribution in [-0.2, 0) is 0 Å². The SMILES string of the molecule is Cc1ccc([C@@H](CF)N2CCNCC2)cc1[N+](=O)[O-].Cl.Cl. The molecule has 2 rings (SSSR count). The van der Waals surface area contributed by atoms with Gasteiger partial charge in [-0.25, -0.2) is 4.39 Å². The van der Waals surface area contributed by atoms with Crippen molar-refractivity contribution in [2.45, 2.75) is 13.0 Å². The summed E-state index contributed by atoms with van der Waals surface area (Å²) in [4.78, 5) is 12.6. The van der Waals surface area contributed by atoms with Crippen LogP contribution in [0.1, 0.15) is 17.2 Å². The normalized spacial score (nSPS) is 16.5. The quantitative estimate of drug-likeness (QED) is 0.676. The third-order valence-electron chi connectivity index (χ3n) is 3.55. The lowest BCUT2D eigenvalue weighted by atomic mass is 10.0. The maximum atomic E-state index is 13.3. The third-order valence-corrected chi connectivity index (χ3v) is 3.55. The molecule has 8 heteroatoms. The van der Waals surface area contributed by atoms with Gasteiger partial charge in [0.2, 0.25) is 0 Å². The number of nitro benzene ring substituents is 1. The van der Waals surface area contributed by atoms with E-state index in [9.17, 15) is 14.5 Å². The molecule has 1 fully saturated rings. The molecule has 1 aliphatic rings. The van der Waals surface area contributed by atoms with Crippen molar-refractivity contribution in [1.82, 2.24) is 10.2 Å². The van der Waals surface area contributed by atoms with E-state index in [4.69, 9.17) is 0 Å². The van der Waals surface area contributed by atoms with Crippen molar-refractivity contribution in [1.29, 1.82) is 0 Å². The summed E-state index contributed by atoms with van der Waals surface area (Å²) in [7, 11) is 0. The number of nitrogens with one attached hydrogen (secondary N) is 1. The Morgan fingerprint density at radius 1 is 1.38 bits per heavy atom. The van der Waals surface area contributed by atoms with E-state index < -0.39 is 11.6 Å². The second-order valence-electron chi connectivity index (χ2n) is 4.76. The van der Waals surface area contributed by atoms with Gasteiger partial charge in [-0.15, -0.1) is 24.8 Å². The summed E-state index contributed by atoms with van der Waals surface area (Å²) >= 11 is 0. The van der Waals surface area contributed by atoms with Crippen molar-refractivity contribution in [2.24, 2.45) is 0 Å². The van der Waals surface area contributed by atoms with Gasteiger partial charge in [0.05, 0.1) is 11.0 Å². The van der Waals surface area contributed by atoms with Gasteiger partial charge in [-0.05, 0) is 12.5 Å². The van der Waals surface area contributed by atoms with Crippen LogP contribution in [0.4, 0.5) is 10.1 Å². The highest BCUT2D eigenvalue weighted by molar-refractivity contribution is 5.85. The van der Waals surface area contributed by atoms with E-state index in [0.29, 0.717) is 11.1 Å². The van der Waals surface area contributed by atoms with Gasteiger partial charge in [0.25, 0.3) is 5.69 Å². The van der Waals surface area contributed by atoms with Gasteiger partial charge in [0.1, 0.15) is 6.67 Å². The van der Waals surface area contributed by atoms with Crippen LogP contribution in [0.5, 0.6) is 0 Å². The summed E-state index contributed by atoms with van der Waals surface area (Å²) in [5.41, 5.74) is 1.35. The van der Waals surface area contributed by atoms with E-state index in [1.54, 1.807) is 19.1 Å². The molecule has 1 aliphatic heterocycles. The zero-order valence-corrected chi connectivity index (χ0v) is 13.4. The Balaban J connectivity index is 0.00000200. The van der Waals surface area contributed by atoms with Crippen LogP contribution >= 0.6 is 24.8 Å². The fraction of sp³-hybridized carbons (Fsp3) is 0.538. The minimum absolute atomic E-state index is 0. The van der Waals surface area contributed by atoms with Crippen LogP contribution in [0.25, 0.3) is 0 Å². The molecule has 0 radical (unpaired) electrons. The number of aryl methyl sites for hydroxylation is 1. The predicted molar refractivity (Wildman–Crippen MR) is 85.5 cm³/mol. The molecule has 1 N–H and O–H groups in total. The third kappa shape index (κ3) is 4.78. The maximum Gasteiger partial charge on any atom is 0.272 e. The number of halogens is 3. The second kappa shape index (κ2) is 9.15. The molecule has 1 heterocycles. The van der Waals surface area contributed by atoms with Crippen LogP contribution in [0.15, 0.2) is 18.2 Å². The van der Waals surface area contributed by atoms with Gasteiger partial charge >= 0.3 is 0 Å². The number of alkyl halides is 1. The van der Waals surface area contributed by atoms with Gasteiger partial charge in [0.15, 0.2) is 0 Å². The highest BCUT2D eigenvalue weighted by Gasteiger charge is 2.24. The first-order valence-electron chi connectivity index (χ1n) is 6.39. The van der Waals surface area contributed by atoms with E-state index in [2.05, 4.69) is 5.32 Å². The largest absolute Gasteiger partial charge is 0.314 e. The molecule has 1 atom stereocenters. The summed E-state index contributed by atoms with van der Waals surface area (Å²) in [6.45, 7) is 4.33. The zero-order chi connectivity index (χ0) is 13.8. The number of nitrogens with zero attached hydrogens (tertiary/aromatic N) is 2. The van der Waals surface area contributed by atoms with E-state index >= 15 is 0 Å². The smallest absolute Gasteiger partial charge is 0.272 e. The van der Waals surface area contributed by atoms with Crippen molar-refractivity contribution >= 4 is 30.5 Å². The molecular weight excluding hydrogens is 320 g/mol. The zero-order valence-electron chi connectivity index (χ0n) is 11.8. The van der Waals surface area contributed by atoms with Crippen LogP contribution in [0.2, 0.25) is 0 Å². The molecule has 1 aromatic rings. The molecule has 1 aromatic carbocycles. The van der Waals surface area contributed by atoms with Crippen molar-refractivity contribution < 1.29 is 9.31 Å². The molecule has 0 aromatic heterocycles. The van der Waals surface area contributed by atoms with Crippen molar-refractivity contribution in [3.8, 4) is 0 Å². The van der Waals surface area contributed by atoms with Crippen molar-refractivity contribution in [3.63, 3.8) is 0 Å². The summed E-state index contributed by atoms with van der Waals surface area (Å²) < 4.78 is 13.3. The number of nitro groups is 1. The lowest BCUT2D eigenvalue weighted by molar-refractivity contribution is -0.385. The van der Waals surface area contributed by atoms with Crippen LogP contribution in [0.3, 0.4) is 0 Å². The molecule has 120 valence electrons. The summed E-state index contributed by atoms with van der Waals surface area (Å²) in [5, 5.41) is 14.2. The topological polar surface area (TPSA) is 58.4 Å². The maximum absolute atomic E-state index is 13.3. The average Bonchev–Trinajstić information content (AvgIpc) is 2.42. The van der Waals surface area contributed by atoms with E-state index in [1.807, 2.05) is 4.90 Å². The molecular formula is C13H20Cl2FN3O2. The van der Waals surface area contributed by atoms with Gasteiger partial charge in [-0.1, -0.05) is 12.1 Å². The van der Waals surface area contributed by atoms with E-state index in [0.717, 1.165) is 26.2 Å². The average molecular weight is 340 g/mol. The Kier molecular flexibility index (Phi) is 8.73. The fourth-order valence-corrected chi connectivity index (χ4v) is 2.42. The minimum atomic E-state index is -0.528. The summed E-state index contributed by atoms with van der Waals surface area (Å²) in [6.07, 6.45) is 0. The molecule has 0 aliphatic carbocycles. The van der Waals surface area contributed by atoms with Crippen molar-refractivity contribution in [3.05, 3.63) is 39.4 Å². The first kappa shape index (κ1) is 20.1. The van der Waals surface area contributed by atoms with E-state index in [-0.39, 0.29) is 36.5 Å². The Morgan fingerprint density at radius 2 is 2.00 bits per heavy atom. The standard InChI is InChI=1S/C13H18FN3O2.2ClH/c1-10-2-3-11(8-12(10)17(18)19)13(9-14)16-6-4-15-5-7-16;;/h2-3,8,13,15H,4-7,9H2,1H3;2*1H/t13-;;/m1../s1. The monoisotopic (exact) mass is 339 g/mol. The Labute approximate surface area is 135 Å². The van der Waals surface area contributed by atoms with Crippen LogP contribution < -0.4 is 5.32 Å². The molecule has 0 unspecified atom stereocenters. The van der Waals surface area contributed by atoms with Crippen LogP contribution in [0, 0.1) is 17.0 Å². The molecule has 21 heavy (non-hydrogen) atoms. The van der Waals surface area contributed by atoms with Crippen molar-refractivity contribution in [2.75, 3.05) is 32.9 Å². The first-order valence-corrected chi connectivity index (χ1v) is 6.39. The Bertz CT molecular complexity index is 471. The predicted octanol–water partition coefficient (Wildman–Crippen LogP) is 2.66. The molecule has 5 nitrogen and oxygen atoms in total. The molecule has 0 saturated carbocycles. The Morgan fingerprint density at radius 3 is 2.52 bits per heavy atom. The summed E-state index contributed by atoms with van der Waals surface area (Å²) in [6, 6.07) is 4.59. The first-order chi connectivity index (χ1) is 9.13. The van der Waals surface area contributed by atoms with E-state index in [1.165, 1.54) is 6.07 Å². The highest BCUT2D eigenvalue weighted by atomic mass is 35.5. The number of piperazine rings is 1. The molecule has 0 amide bonds. The van der Waals surface area contributed by atoms with Gasteiger partial charge in [-0.3, -0.25) is 15.0 Å². The van der Waals surface area contributed by atoms with Gasteiger partial charge in [0, 0.05) is 37.8 Å².